The summed E-state index contributed by atoms with van der Waals surface area (Å²) in [6, 6.07) is 3.54. The number of amides is 1. The normalized spacial score (nSPS) is 19.0. The summed E-state index contributed by atoms with van der Waals surface area (Å²) in [5.41, 5.74) is 1.68. The highest BCUT2D eigenvalue weighted by atomic mass is 19.3. The first kappa shape index (κ1) is 20.7. The third kappa shape index (κ3) is 4.86. The van der Waals surface area contributed by atoms with Crippen molar-refractivity contribution in [1.82, 2.24) is 5.32 Å². The lowest BCUT2D eigenvalue weighted by molar-refractivity contribution is 0.0448. The minimum absolute atomic E-state index is 0.0804. The molecule has 2 aliphatic heterocycles. The van der Waals surface area contributed by atoms with Crippen molar-refractivity contribution < 1.29 is 18.3 Å². The zero-order chi connectivity index (χ0) is 20.5. The molecule has 28 heavy (non-hydrogen) atoms. The highest BCUT2D eigenvalue weighted by Crippen LogP contribution is 2.38. The van der Waals surface area contributed by atoms with Crippen molar-refractivity contribution in [2.45, 2.75) is 70.9 Å². The zero-order valence-corrected chi connectivity index (χ0v) is 17.2. The highest BCUT2D eigenvalue weighted by Gasteiger charge is 2.34. The quantitative estimate of drug-likeness (QED) is 0.767. The molecule has 0 radical (unpaired) electrons. The number of anilines is 2. The topological polar surface area (TPSA) is 53.6 Å². The van der Waals surface area contributed by atoms with Crippen LogP contribution in [0.2, 0.25) is 0 Å². The van der Waals surface area contributed by atoms with Crippen LogP contribution in [0.3, 0.4) is 0 Å². The Morgan fingerprint density at radius 3 is 2.57 bits per heavy atom. The second kappa shape index (κ2) is 7.76. The van der Waals surface area contributed by atoms with Gasteiger partial charge in [-0.25, -0.2) is 13.6 Å². The van der Waals surface area contributed by atoms with Crippen molar-refractivity contribution in [3.05, 3.63) is 23.3 Å². The molecule has 1 saturated heterocycles. The number of carbonyl (C=O) groups excluding carboxylic acids is 1. The molecule has 1 aromatic rings. The van der Waals surface area contributed by atoms with E-state index in [4.69, 9.17) is 4.74 Å². The molecule has 0 unspecified atom stereocenters. The van der Waals surface area contributed by atoms with Crippen LogP contribution in [0, 0.1) is 0 Å². The number of piperidine rings is 1. The largest absolute Gasteiger partial charge is 0.444 e. The number of hydrogen-bond donors (Lipinski definition) is 2. The van der Waals surface area contributed by atoms with Crippen LogP contribution in [0.5, 0.6) is 0 Å². The SMILES string of the molecule is CC1(NC(=O)OC(C)(C)C)CCN(c2cc3c(cc2C(F)F)NCCC3)CC1. The second-order valence-electron chi connectivity index (χ2n) is 9.07. The smallest absolute Gasteiger partial charge is 0.408 e. The number of aryl methyl sites for hydroxylation is 1. The second-order valence-corrected chi connectivity index (χ2v) is 9.07. The average molecular weight is 395 g/mol. The van der Waals surface area contributed by atoms with E-state index < -0.39 is 23.7 Å². The molecule has 5 nitrogen and oxygen atoms in total. The summed E-state index contributed by atoms with van der Waals surface area (Å²) < 4.78 is 32.8. The van der Waals surface area contributed by atoms with E-state index in [1.165, 1.54) is 0 Å². The predicted molar refractivity (Wildman–Crippen MR) is 107 cm³/mol. The Balaban J connectivity index is 1.71. The summed E-state index contributed by atoms with van der Waals surface area (Å²) in [5.74, 6) is 0. The Bertz CT molecular complexity index is 723. The third-order valence-corrected chi connectivity index (χ3v) is 5.44. The van der Waals surface area contributed by atoms with Crippen molar-refractivity contribution in [3.8, 4) is 0 Å². The number of benzene rings is 1. The first-order valence-electron chi connectivity index (χ1n) is 10.0. The van der Waals surface area contributed by atoms with Crippen molar-refractivity contribution in [2.24, 2.45) is 0 Å². The fraction of sp³-hybridized carbons (Fsp3) is 0.667. The number of nitrogens with zero attached hydrogens (tertiary/aromatic N) is 1. The molecule has 0 aromatic heterocycles. The number of halogens is 2. The number of nitrogens with one attached hydrogen (secondary N) is 2. The van der Waals surface area contributed by atoms with Gasteiger partial charge in [0, 0.05) is 42.1 Å². The number of ether oxygens (including phenoxy) is 1. The van der Waals surface area contributed by atoms with Gasteiger partial charge in [0.15, 0.2) is 0 Å². The molecule has 2 aliphatic rings. The summed E-state index contributed by atoms with van der Waals surface area (Å²) in [6.45, 7) is 9.51. The van der Waals surface area contributed by atoms with E-state index in [2.05, 4.69) is 10.6 Å². The Labute approximate surface area is 165 Å². The monoisotopic (exact) mass is 395 g/mol. The van der Waals surface area contributed by atoms with Gasteiger partial charge < -0.3 is 20.3 Å². The number of hydrogen-bond acceptors (Lipinski definition) is 4. The van der Waals surface area contributed by atoms with Gasteiger partial charge in [0.05, 0.1) is 0 Å². The zero-order valence-electron chi connectivity index (χ0n) is 17.2. The van der Waals surface area contributed by atoms with E-state index in [0.29, 0.717) is 31.6 Å². The number of fused-ring (bicyclic) bond motifs is 1. The van der Waals surface area contributed by atoms with Crippen LogP contribution in [-0.2, 0) is 11.2 Å². The first-order chi connectivity index (χ1) is 13.1. The maximum atomic E-state index is 13.7. The summed E-state index contributed by atoms with van der Waals surface area (Å²) in [4.78, 5) is 14.2. The van der Waals surface area contributed by atoms with Crippen LogP contribution in [-0.4, -0.2) is 36.9 Å². The Morgan fingerprint density at radius 1 is 1.29 bits per heavy atom. The van der Waals surface area contributed by atoms with Crippen molar-refractivity contribution >= 4 is 17.5 Å². The molecule has 0 aliphatic carbocycles. The maximum absolute atomic E-state index is 13.7. The van der Waals surface area contributed by atoms with Crippen LogP contribution in [0.25, 0.3) is 0 Å². The highest BCUT2D eigenvalue weighted by molar-refractivity contribution is 5.69. The van der Waals surface area contributed by atoms with Crippen molar-refractivity contribution in [3.63, 3.8) is 0 Å². The summed E-state index contributed by atoms with van der Waals surface area (Å²) in [6.07, 6.45) is 0.311. The molecule has 1 aromatic carbocycles. The van der Waals surface area contributed by atoms with Gasteiger partial charge in [0.25, 0.3) is 6.43 Å². The molecule has 1 fully saturated rings. The van der Waals surface area contributed by atoms with Gasteiger partial charge >= 0.3 is 6.09 Å². The van der Waals surface area contributed by atoms with Gasteiger partial charge in [0.2, 0.25) is 0 Å². The maximum Gasteiger partial charge on any atom is 0.408 e. The number of alkyl carbamates (subject to hydrolysis) is 1. The number of rotatable bonds is 3. The van der Waals surface area contributed by atoms with Crippen LogP contribution >= 0.6 is 0 Å². The molecule has 0 bridgehead atoms. The van der Waals surface area contributed by atoms with Gasteiger partial charge in [-0.3, -0.25) is 0 Å². The molecular formula is C21H31F2N3O2. The lowest BCUT2D eigenvalue weighted by Crippen LogP contribution is -2.54. The van der Waals surface area contributed by atoms with E-state index in [9.17, 15) is 13.6 Å². The van der Waals surface area contributed by atoms with E-state index in [-0.39, 0.29) is 5.56 Å². The van der Waals surface area contributed by atoms with Crippen molar-refractivity contribution in [2.75, 3.05) is 29.9 Å². The molecule has 0 atom stereocenters. The molecule has 2 heterocycles. The Morgan fingerprint density at radius 2 is 1.96 bits per heavy atom. The van der Waals surface area contributed by atoms with Gasteiger partial charge in [-0.05, 0) is 71.1 Å². The van der Waals surface area contributed by atoms with E-state index in [1.807, 2.05) is 38.7 Å². The lowest BCUT2D eigenvalue weighted by Gasteiger charge is -2.42. The Kier molecular flexibility index (Phi) is 5.73. The van der Waals surface area contributed by atoms with Crippen LogP contribution in [0.1, 0.15) is 64.5 Å². The predicted octanol–water partition coefficient (Wildman–Crippen LogP) is 4.87. The molecule has 2 N–H and O–H groups in total. The average Bonchev–Trinajstić information content (AvgIpc) is 2.59. The molecular weight excluding hydrogens is 364 g/mol. The van der Waals surface area contributed by atoms with Crippen LogP contribution in [0.15, 0.2) is 12.1 Å². The standard InChI is InChI=1S/C21H31F2N3O2/c1-20(2,3)28-19(27)25-21(4)7-10-26(11-8-21)17-12-14-6-5-9-24-16(14)13-15(17)18(22)23/h12-13,18,24H,5-11H2,1-4H3,(H,25,27). The number of carbonyl (C=O) groups is 1. The van der Waals surface area contributed by atoms with E-state index in [1.54, 1.807) is 6.07 Å². The summed E-state index contributed by atoms with van der Waals surface area (Å²) in [5, 5.41) is 6.19. The molecule has 0 saturated carbocycles. The summed E-state index contributed by atoms with van der Waals surface area (Å²) in [7, 11) is 0. The van der Waals surface area contributed by atoms with Gasteiger partial charge in [-0.15, -0.1) is 0 Å². The minimum Gasteiger partial charge on any atom is -0.444 e. The number of alkyl halides is 2. The molecule has 3 rings (SSSR count). The first-order valence-corrected chi connectivity index (χ1v) is 10.0. The van der Waals surface area contributed by atoms with E-state index >= 15 is 0 Å². The molecule has 156 valence electrons. The van der Waals surface area contributed by atoms with Crippen LogP contribution in [0.4, 0.5) is 25.0 Å². The molecule has 0 spiro atoms. The van der Waals surface area contributed by atoms with Gasteiger partial charge in [-0.2, -0.15) is 0 Å². The fourth-order valence-corrected chi connectivity index (χ4v) is 3.89. The van der Waals surface area contributed by atoms with E-state index in [0.717, 1.165) is 30.6 Å². The fourth-order valence-electron chi connectivity index (χ4n) is 3.89. The molecule has 1 amide bonds. The van der Waals surface area contributed by atoms with Crippen LogP contribution < -0.4 is 15.5 Å². The minimum atomic E-state index is -2.52. The van der Waals surface area contributed by atoms with Gasteiger partial charge in [-0.1, -0.05) is 0 Å². The molecule has 7 heteroatoms. The summed E-state index contributed by atoms with van der Waals surface area (Å²) >= 11 is 0. The third-order valence-electron chi connectivity index (χ3n) is 5.44. The Hall–Kier alpha value is -2.05. The van der Waals surface area contributed by atoms with Crippen molar-refractivity contribution in [1.29, 1.82) is 0 Å². The van der Waals surface area contributed by atoms with Gasteiger partial charge in [0.1, 0.15) is 5.60 Å². The lowest BCUT2D eigenvalue weighted by atomic mass is 9.89.